The van der Waals surface area contributed by atoms with Crippen LogP contribution in [0.15, 0.2) is 53.2 Å². The first-order valence-electron chi connectivity index (χ1n) is 11.2. The molecule has 4 heterocycles. The van der Waals surface area contributed by atoms with Crippen LogP contribution in [0.4, 0.5) is 5.69 Å². The average molecular weight is 444 g/mol. The molecule has 0 saturated carbocycles. The van der Waals surface area contributed by atoms with E-state index < -0.39 is 0 Å². The van der Waals surface area contributed by atoms with Gasteiger partial charge in [-0.15, -0.1) is 0 Å². The van der Waals surface area contributed by atoms with Crippen molar-refractivity contribution in [3.05, 3.63) is 54.4 Å². The minimum atomic E-state index is 0.0156. The van der Waals surface area contributed by atoms with Gasteiger partial charge >= 0.3 is 6.08 Å². The van der Waals surface area contributed by atoms with Crippen molar-refractivity contribution in [1.82, 2.24) is 14.8 Å². The van der Waals surface area contributed by atoms with Gasteiger partial charge in [0, 0.05) is 35.9 Å². The van der Waals surface area contributed by atoms with Crippen LogP contribution in [0, 0.1) is 0 Å². The normalized spacial score (nSPS) is 18.2. The van der Waals surface area contributed by atoms with E-state index >= 15 is 0 Å². The molecule has 168 valence electrons. The maximum atomic E-state index is 12.5. The third-order valence-corrected chi connectivity index (χ3v) is 6.46. The van der Waals surface area contributed by atoms with Crippen molar-refractivity contribution < 1.29 is 18.7 Å². The molecule has 1 fully saturated rings. The summed E-state index contributed by atoms with van der Waals surface area (Å²) >= 11 is 0. The Bertz CT molecular complexity index is 1320. The maximum Gasteiger partial charge on any atom is 0.400 e. The first kappa shape index (κ1) is 20.0. The molecule has 6 rings (SSSR count). The summed E-state index contributed by atoms with van der Waals surface area (Å²) in [4.78, 5) is 18.8. The second kappa shape index (κ2) is 7.74. The van der Waals surface area contributed by atoms with E-state index in [4.69, 9.17) is 13.9 Å². The Morgan fingerprint density at radius 2 is 2.03 bits per heavy atom. The fraction of sp³-hybridized carbons (Fsp3) is 0.320. The zero-order chi connectivity index (χ0) is 22.5. The predicted octanol–water partition coefficient (Wildman–Crippen LogP) is 4.74. The van der Waals surface area contributed by atoms with Crippen molar-refractivity contribution in [3.8, 4) is 23.0 Å². The number of ether oxygens (including phenoxy) is 2. The molecule has 1 amide bonds. The minimum absolute atomic E-state index is 0.0156. The number of nitrogens with zero attached hydrogens (tertiary/aromatic N) is 4. The lowest BCUT2D eigenvalue weighted by molar-refractivity contribution is -0.117. The van der Waals surface area contributed by atoms with Crippen molar-refractivity contribution >= 4 is 22.7 Å². The number of aromatic nitrogens is 3. The van der Waals surface area contributed by atoms with Crippen LogP contribution in [0.25, 0.3) is 22.2 Å². The molecule has 8 heteroatoms. The highest BCUT2D eigenvalue weighted by Crippen LogP contribution is 2.45. The van der Waals surface area contributed by atoms with Crippen LogP contribution in [0.3, 0.4) is 0 Å². The standard InChI is InChI=1S/C25H24N4O4/c1-15-7-8-20-22(29(15)16(2)30)10-9-19(17-11-26-28(12-17)18-13-31-14-18)24(20)33-25-27-21-5-3-4-6-23(21)32-25/h3-6,9-12,15,18H,7-8,13-14H2,1-2H3/t15-/m0/s1. The van der Waals surface area contributed by atoms with Gasteiger partial charge in [-0.1, -0.05) is 12.1 Å². The number of carbonyl (C=O) groups excluding carboxylic acids is 1. The van der Waals surface area contributed by atoms with Crippen LogP contribution in [0.1, 0.15) is 31.9 Å². The molecule has 2 aromatic carbocycles. The van der Waals surface area contributed by atoms with Gasteiger partial charge in [-0.05, 0) is 44.0 Å². The molecule has 2 aromatic heterocycles. The van der Waals surface area contributed by atoms with E-state index in [-0.39, 0.29) is 24.1 Å². The Balaban J connectivity index is 1.48. The van der Waals surface area contributed by atoms with Gasteiger partial charge in [0.25, 0.3) is 0 Å². The summed E-state index contributed by atoms with van der Waals surface area (Å²) in [6, 6.07) is 11.9. The van der Waals surface area contributed by atoms with Crippen LogP contribution in [0.5, 0.6) is 11.8 Å². The Hall–Kier alpha value is -3.65. The highest BCUT2D eigenvalue weighted by molar-refractivity contribution is 5.95. The molecule has 2 aliphatic rings. The zero-order valence-electron chi connectivity index (χ0n) is 18.5. The molecule has 0 spiro atoms. The Morgan fingerprint density at radius 1 is 1.18 bits per heavy atom. The van der Waals surface area contributed by atoms with E-state index in [0.717, 1.165) is 40.7 Å². The largest absolute Gasteiger partial charge is 0.410 e. The molecule has 2 aliphatic heterocycles. The molecular formula is C25H24N4O4. The molecule has 4 aromatic rings. The summed E-state index contributed by atoms with van der Waals surface area (Å²) in [7, 11) is 0. The smallest absolute Gasteiger partial charge is 0.400 e. The lowest BCUT2D eigenvalue weighted by Gasteiger charge is -2.35. The molecule has 33 heavy (non-hydrogen) atoms. The van der Waals surface area contributed by atoms with Crippen LogP contribution in [0.2, 0.25) is 0 Å². The summed E-state index contributed by atoms with van der Waals surface area (Å²) in [5, 5.41) is 4.54. The van der Waals surface area contributed by atoms with Crippen LogP contribution in [-0.4, -0.2) is 39.9 Å². The molecule has 1 atom stereocenters. The van der Waals surface area contributed by atoms with Crippen LogP contribution < -0.4 is 9.64 Å². The quantitative estimate of drug-likeness (QED) is 0.452. The monoisotopic (exact) mass is 444 g/mol. The number of amides is 1. The van der Waals surface area contributed by atoms with Crippen molar-refractivity contribution in [2.24, 2.45) is 0 Å². The highest BCUT2D eigenvalue weighted by atomic mass is 16.6. The number of anilines is 1. The lowest BCUT2D eigenvalue weighted by atomic mass is 9.92. The Morgan fingerprint density at radius 3 is 2.79 bits per heavy atom. The van der Waals surface area contributed by atoms with Crippen LogP contribution >= 0.6 is 0 Å². The molecule has 0 aliphatic carbocycles. The van der Waals surface area contributed by atoms with Crippen molar-refractivity contribution in [3.63, 3.8) is 0 Å². The minimum Gasteiger partial charge on any atom is -0.410 e. The Kier molecular flexibility index (Phi) is 4.69. The summed E-state index contributed by atoms with van der Waals surface area (Å²) in [5.74, 6) is 0.670. The number of oxazole rings is 1. The van der Waals surface area contributed by atoms with Gasteiger partial charge < -0.3 is 18.8 Å². The van der Waals surface area contributed by atoms with Gasteiger partial charge in [0.2, 0.25) is 5.91 Å². The molecule has 0 N–H and O–H groups in total. The number of fused-ring (bicyclic) bond motifs is 2. The predicted molar refractivity (Wildman–Crippen MR) is 123 cm³/mol. The van der Waals surface area contributed by atoms with E-state index in [1.807, 2.05) is 58.4 Å². The number of benzene rings is 2. The Labute approximate surface area is 190 Å². The fourth-order valence-electron chi connectivity index (χ4n) is 4.66. The SMILES string of the molecule is CC(=O)N1c2ccc(-c3cnn(C4COC4)c3)c(Oc3nc4ccccc4o3)c2CC[C@@H]1C. The van der Waals surface area contributed by atoms with Gasteiger partial charge in [-0.3, -0.25) is 9.48 Å². The summed E-state index contributed by atoms with van der Waals surface area (Å²) < 4.78 is 19.5. The number of para-hydroxylation sites is 2. The summed E-state index contributed by atoms with van der Waals surface area (Å²) in [5.41, 5.74) is 5.06. The van der Waals surface area contributed by atoms with Gasteiger partial charge in [-0.25, -0.2) is 0 Å². The third kappa shape index (κ3) is 3.38. The van der Waals surface area contributed by atoms with Gasteiger partial charge in [0.05, 0.1) is 31.1 Å². The first-order chi connectivity index (χ1) is 16.1. The topological polar surface area (TPSA) is 82.6 Å². The van der Waals surface area contributed by atoms with E-state index in [1.54, 1.807) is 6.92 Å². The van der Waals surface area contributed by atoms with Crippen molar-refractivity contribution in [2.45, 2.75) is 38.8 Å². The highest BCUT2D eigenvalue weighted by Gasteiger charge is 2.31. The van der Waals surface area contributed by atoms with Gasteiger partial charge in [0.1, 0.15) is 11.3 Å². The van der Waals surface area contributed by atoms with Gasteiger partial charge in [0.15, 0.2) is 5.58 Å². The van der Waals surface area contributed by atoms with Gasteiger partial charge in [-0.2, -0.15) is 10.1 Å². The fourth-order valence-corrected chi connectivity index (χ4v) is 4.66. The second-order valence-electron chi connectivity index (χ2n) is 8.67. The summed E-state index contributed by atoms with van der Waals surface area (Å²) in [6.07, 6.45) is 5.67. The van der Waals surface area contributed by atoms with Crippen molar-refractivity contribution in [2.75, 3.05) is 18.1 Å². The number of hydrogen-bond donors (Lipinski definition) is 0. The number of carbonyl (C=O) groups is 1. The third-order valence-electron chi connectivity index (χ3n) is 6.46. The van der Waals surface area contributed by atoms with E-state index in [9.17, 15) is 4.79 Å². The maximum absolute atomic E-state index is 12.5. The molecule has 8 nitrogen and oxygen atoms in total. The summed E-state index contributed by atoms with van der Waals surface area (Å²) in [6.45, 7) is 5.02. The zero-order valence-corrected chi connectivity index (χ0v) is 18.5. The molecule has 0 bridgehead atoms. The number of rotatable bonds is 4. The van der Waals surface area contributed by atoms with Crippen LogP contribution in [-0.2, 0) is 16.0 Å². The molecule has 1 saturated heterocycles. The van der Waals surface area contributed by atoms with E-state index in [0.29, 0.717) is 24.5 Å². The first-order valence-corrected chi connectivity index (χ1v) is 11.2. The lowest BCUT2D eigenvalue weighted by Crippen LogP contribution is -2.40. The van der Waals surface area contributed by atoms with E-state index in [2.05, 4.69) is 17.0 Å². The molecular weight excluding hydrogens is 420 g/mol. The second-order valence-corrected chi connectivity index (χ2v) is 8.67. The average Bonchev–Trinajstić information content (AvgIpc) is 3.39. The molecule has 0 radical (unpaired) electrons. The van der Waals surface area contributed by atoms with E-state index in [1.165, 1.54) is 0 Å². The number of hydrogen-bond acceptors (Lipinski definition) is 6. The molecule has 0 unspecified atom stereocenters. The van der Waals surface area contributed by atoms with Crippen molar-refractivity contribution in [1.29, 1.82) is 0 Å².